The number of ether oxygens (including phenoxy) is 2. The molecule has 5 N–H and O–H groups in total. The summed E-state index contributed by atoms with van der Waals surface area (Å²) in [5, 5.41) is 20.0. The van der Waals surface area contributed by atoms with Crippen molar-refractivity contribution in [3.8, 4) is 11.1 Å². The van der Waals surface area contributed by atoms with Crippen molar-refractivity contribution in [1.82, 2.24) is 16.0 Å². The second-order valence-electron chi connectivity index (χ2n) is 14.7. The lowest BCUT2D eigenvalue weighted by Gasteiger charge is -2.27. The molecule has 12 nitrogen and oxygen atoms in total. The number of nitrogens with one attached hydrogen (secondary N) is 4. The molecule has 0 saturated heterocycles. The topological polar surface area (TPSA) is 172 Å². The van der Waals surface area contributed by atoms with Gasteiger partial charge in [0, 0.05) is 18.0 Å². The average Bonchev–Trinajstić information content (AvgIpc) is 3.51. The molecule has 1 unspecified atom stereocenters. The number of rotatable bonds is 16. The van der Waals surface area contributed by atoms with E-state index >= 15 is 0 Å². The minimum absolute atomic E-state index is 0.00403. The van der Waals surface area contributed by atoms with Crippen molar-refractivity contribution in [3.05, 3.63) is 125 Å². The van der Waals surface area contributed by atoms with E-state index in [0.29, 0.717) is 11.3 Å². The number of aliphatic hydroxyl groups excluding tert-OH is 1. The van der Waals surface area contributed by atoms with E-state index in [9.17, 15) is 29.1 Å². The Balaban J connectivity index is 1.26. The molecule has 5 rings (SSSR count). The third-order valence-corrected chi connectivity index (χ3v) is 9.83. The lowest BCUT2D eigenvalue weighted by Crippen LogP contribution is -2.57. The first kappa shape index (κ1) is 41.2. The van der Waals surface area contributed by atoms with E-state index in [4.69, 9.17) is 9.47 Å². The Morgan fingerprint density at radius 1 is 0.714 bits per heavy atom. The number of alkyl carbamates (subject to hydrolysis) is 1. The molecule has 0 spiro atoms. The Morgan fingerprint density at radius 2 is 1.30 bits per heavy atom. The molecule has 0 saturated carbocycles. The Bertz CT molecular complexity index is 1970. The Labute approximate surface area is 327 Å². The van der Waals surface area contributed by atoms with Crippen LogP contribution in [-0.4, -0.2) is 59.6 Å². The number of anilines is 1. The van der Waals surface area contributed by atoms with Crippen LogP contribution in [0.3, 0.4) is 0 Å². The summed E-state index contributed by atoms with van der Waals surface area (Å²) in [6, 6.07) is 28.3. The number of carbonyl (C=O) groups is 5. The number of hydrogen-bond donors (Lipinski definition) is 5. The highest BCUT2D eigenvalue weighted by molar-refractivity contribution is 5.98. The maximum atomic E-state index is 13.9. The van der Waals surface area contributed by atoms with Crippen LogP contribution >= 0.6 is 0 Å². The Hall–Kier alpha value is -6.01. The minimum Gasteiger partial charge on any atom is -0.455 e. The van der Waals surface area contributed by atoms with Gasteiger partial charge in [-0.25, -0.2) is 4.79 Å². The molecule has 1 aliphatic carbocycles. The molecule has 0 radical (unpaired) electrons. The summed E-state index contributed by atoms with van der Waals surface area (Å²) in [5.74, 6) is -3.06. The van der Waals surface area contributed by atoms with Crippen LogP contribution in [0.25, 0.3) is 11.1 Å². The number of carbonyl (C=O) groups excluding carboxylic acids is 5. The molecule has 12 heteroatoms. The summed E-state index contributed by atoms with van der Waals surface area (Å²) < 4.78 is 11.5. The smallest absolute Gasteiger partial charge is 0.407 e. The van der Waals surface area contributed by atoms with E-state index in [2.05, 4.69) is 21.3 Å². The number of esters is 1. The van der Waals surface area contributed by atoms with Gasteiger partial charge in [0.25, 0.3) is 0 Å². The van der Waals surface area contributed by atoms with Gasteiger partial charge in [-0.1, -0.05) is 105 Å². The van der Waals surface area contributed by atoms with Crippen molar-refractivity contribution >= 4 is 35.5 Å². The zero-order chi connectivity index (χ0) is 40.4. The van der Waals surface area contributed by atoms with Crippen LogP contribution in [0.2, 0.25) is 0 Å². The average molecular weight is 763 g/mol. The van der Waals surface area contributed by atoms with Crippen molar-refractivity contribution in [1.29, 1.82) is 0 Å². The van der Waals surface area contributed by atoms with E-state index in [1.165, 1.54) is 6.92 Å². The molecule has 0 bridgehead atoms. The first-order valence-electron chi connectivity index (χ1n) is 18.8. The monoisotopic (exact) mass is 762 g/mol. The molecule has 4 aromatic rings. The molecule has 4 amide bonds. The molecular weight excluding hydrogens is 713 g/mol. The highest BCUT2D eigenvalue weighted by Crippen LogP contribution is 2.44. The summed E-state index contributed by atoms with van der Waals surface area (Å²) in [6.45, 7) is 8.37. The largest absolute Gasteiger partial charge is 0.455 e. The van der Waals surface area contributed by atoms with Crippen molar-refractivity contribution < 1.29 is 38.6 Å². The zero-order valence-corrected chi connectivity index (χ0v) is 32.3. The van der Waals surface area contributed by atoms with Gasteiger partial charge in [-0.3, -0.25) is 19.2 Å². The van der Waals surface area contributed by atoms with Crippen molar-refractivity contribution in [2.75, 3.05) is 11.9 Å². The summed E-state index contributed by atoms with van der Waals surface area (Å²) in [7, 11) is 0. The number of amides is 4. The van der Waals surface area contributed by atoms with Gasteiger partial charge in [-0.2, -0.15) is 0 Å². The standard InChI is InChI=1S/C44H50N4O8/c1-27(2)39(42(53)45-28(3)40(51)46-31-21-19-29(25-49)20-22-31)48-41(52)37(23-24-38(50)56-44(4,5)30-13-7-6-8-14-30)47-43(54)55-26-36-34-17-11-9-15-32(34)33-16-10-12-18-35(33)36/h6-22,27-28,36-37,39,49H,23-26H2,1-5H3,(H,45,53)(H,46,51)(H,47,54)(H,48,52)/t28-,37-,39?/m0/s1. The summed E-state index contributed by atoms with van der Waals surface area (Å²) in [6.07, 6.45) is -1.25. The van der Waals surface area contributed by atoms with Gasteiger partial charge < -0.3 is 35.8 Å². The number of aliphatic hydroxyl groups is 1. The minimum atomic E-state index is -1.28. The predicted molar refractivity (Wildman–Crippen MR) is 212 cm³/mol. The van der Waals surface area contributed by atoms with E-state index < -0.39 is 59.4 Å². The van der Waals surface area contributed by atoms with Gasteiger partial charge in [0.05, 0.1) is 6.61 Å². The maximum absolute atomic E-state index is 13.9. The normalized spacial score (nSPS) is 13.7. The van der Waals surface area contributed by atoms with Gasteiger partial charge in [-0.05, 0) is 78.6 Å². The van der Waals surface area contributed by atoms with Crippen LogP contribution in [0.4, 0.5) is 10.5 Å². The first-order chi connectivity index (χ1) is 26.8. The fraction of sp³-hybridized carbons (Fsp3) is 0.341. The Kier molecular flexibility index (Phi) is 13.6. The van der Waals surface area contributed by atoms with Crippen LogP contribution in [0.15, 0.2) is 103 Å². The molecule has 0 fully saturated rings. The first-order valence-corrected chi connectivity index (χ1v) is 18.8. The molecule has 4 aromatic carbocycles. The SMILES string of the molecule is CC(C)C(NC(=O)[C@H](CCC(=O)OC(C)(C)c1ccccc1)NC(=O)OCC1c2ccccc2-c2ccccc21)C(=O)N[C@@H](C)C(=O)Nc1ccc(CO)cc1. The van der Waals surface area contributed by atoms with Gasteiger partial charge in [0.1, 0.15) is 30.3 Å². The number of hydrogen-bond acceptors (Lipinski definition) is 8. The lowest BCUT2D eigenvalue weighted by molar-refractivity contribution is -0.157. The molecule has 1 aliphatic rings. The maximum Gasteiger partial charge on any atom is 0.407 e. The van der Waals surface area contributed by atoms with Gasteiger partial charge >= 0.3 is 12.1 Å². The van der Waals surface area contributed by atoms with E-state index in [1.54, 1.807) is 52.0 Å². The quantitative estimate of drug-likeness (QED) is 0.0875. The zero-order valence-electron chi connectivity index (χ0n) is 32.3. The third kappa shape index (κ3) is 10.4. The van der Waals surface area contributed by atoms with E-state index in [1.807, 2.05) is 78.9 Å². The summed E-state index contributed by atoms with van der Waals surface area (Å²) in [5.41, 5.74) is 5.16. The van der Waals surface area contributed by atoms with Crippen LogP contribution < -0.4 is 21.3 Å². The highest BCUT2D eigenvalue weighted by Gasteiger charge is 2.33. The van der Waals surface area contributed by atoms with Crippen LogP contribution in [0.5, 0.6) is 0 Å². The lowest BCUT2D eigenvalue weighted by atomic mass is 9.98. The molecule has 0 heterocycles. The van der Waals surface area contributed by atoms with Gasteiger partial charge in [-0.15, -0.1) is 0 Å². The fourth-order valence-electron chi connectivity index (χ4n) is 6.65. The molecule has 294 valence electrons. The van der Waals surface area contributed by atoms with Crippen LogP contribution in [0.1, 0.15) is 75.6 Å². The Morgan fingerprint density at radius 3 is 1.89 bits per heavy atom. The fourth-order valence-corrected chi connectivity index (χ4v) is 6.65. The van der Waals surface area contributed by atoms with Gasteiger partial charge in [0.2, 0.25) is 17.7 Å². The number of fused-ring (bicyclic) bond motifs is 3. The molecule has 0 aromatic heterocycles. The molecule has 0 aliphatic heterocycles. The molecule has 56 heavy (non-hydrogen) atoms. The van der Waals surface area contributed by atoms with Gasteiger partial charge in [0.15, 0.2) is 0 Å². The predicted octanol–water partition coefficient (Wildman–Crippen LogP) is 5.93. The van der Waals surface area contributed by atoms with Crippen LogP contribution in [-0.2, 0) is 40.9 Å². The summed E-state index contributed by atoms with van der Waals surface area (Å²) >= 11 is 0. The molecule has 3 atom stereocenters. The van der Waals surface area contributed by atoms with E-state index in [-0.39, 0.29) is 32.0 Å². The van der Waals surface area contributed by atoms with Crippen molar-refractivity contribution in [2.24, 2.45) is 5.92 Å². The highest BCUT2D eigenvalue weighted by atomic mass is 16.6. The van der Waals surface area contributed by atoms with Crippen molar-refractivity contribution in [3.63, 3.8) is 0 Å². The second kappa shape index (κ2) is 18.5. The van der Waals surface area contributed by atoms with E-state index in [0.717, 1.165) is 27.8 Å². The number of benzene rings is 4. The summed E-state index contributed by atoms with van der Waals surface area (Å²) in [4.78, 5) is 66.9. The van der Waals surface area contributed by atoms with Crippen LogP contribution in [0, 0.1) is 5.92 Å². The second-order valence-corrected chi connectivity index (χ2v) is 14.7. The van der Waals surface area contributed by atoms with Crippen molar-refractivity contribution in [2.45, 2.75) is 83.7 Å². The molecular formula is C44H50N4O8. The third-order valence-electron chi connectivity index (χ3n) is 9.83.